The number of ether oxygens (including phenoxy) is 1. The summed E-state index contributed by atoms with van der Waals surface area (Å²) in [4.78, 5) is 42.6. The maximum absolute atomic E-state index is 12.8. The van der Waals surface area contributed by atoms with Gasteiger partial charge < -0.3 is 15.0 Å². The Morgan fingerprint density at radius 2 is 1.80 bits per heavy atom. The van der Waals surface area contributed by atoms with Crippen molar-refractivity contribution in [2.24, 2.45) is 5.92 Å². The van der Waals surface area contributed by atoms with Gasteiger partial charge in [-0.15, -0.1) is 0 Å². The summed E-state index contributed by atoms with van der Waals surface area (Å²) in [5.41, 5.74) is 2.98. The van der Waals surface area contributed by atoms with Crippen LogP contribution in [0.1, 0.15) is 51.9 Å². The van der Waals surface area contributed by atoms with Crippen LogP contribution in [-0.4, -0.2) is 53.8 Å². The monoisotopic (exact) mass is 411 g/mol. The highest BCUT2D eigenvalue weighted by atomic mass is 16.5. The molecule has 0 spiro atoms. The van der Waals surface area contributed by atoms with E-state index in [0.717, 1.165) is 5.69 Å². The molecule has 1 fully saturated rings. The maximum atomic E-state index is 12.8. The van der Waals surface area contributed by atoms with Crippen molar-refractivity contribution < 1.29 is 19.1 Å². The molecular weight excluding hydrogens is 382 g/mol. The molecule has 30 heavy (non-hydrogen) atoms. The number of likely N-dealkylation sites (tertiary alicyclic amines) is 1. The molecule has 7 nitrogen and oxygen atoms in total. The summed E-state index contributed by atoms with van der Waals surface area (Å²) in [6.45, 7) is 7.21. The number of hydrogen-bond donors (Lipinski definition) is 2. The number of ketones is 1. The minimum atomic E-state index is -0.409. The predicted molar refractivity (Wildman–Crippen MR) is 115 cm³/mol. The first-order chi connectivity index (χ1) is 14.4. The van der Waals surface area contributed by atoms with Crippen molar-refractivity contribution in [3.05, 3.63) is 52.8 Å². The Morgan fingerprint density at radius 3 is 2.43 bits per heavy atom. The van der Waals surface area contributed by atoms with Crippen LogP contribution in [0.15, 0.2) is 30.3 Å². The van der Waals surface area contributed by atoms with Crippen molar-refractivity contribution >= 4 is 23.3 Å². The number of rotatable bonds is 7. The van der Waals surface area contributed by atoms with E-state index in [2.05, 4.69) is 15.2 Å². The molecular formula is C23H29N3O4. The first-order valence-corrected chi connectivity index (χ1v) is 10.4. The van der Waals surface area contributed by atoms with Gasteiger partial charge in [-0.3, -0.25) is 14.5 Å². The molecule has 0 saturated carbocycles. The number of amides is 1. The molecule has 0 radical (unpaired) electrons. The van der Waals surface area contributed by atoms with Crippen LogP contribution < -0.4 is 5.32 Å². The molecule has 1 amide bonds. The fourth-order valence-corrected chi connectivity index (χ4v) is 3.94. The van der Waals surface area contributed by atoms with Gasteiger partial charge in [-0.25, -0.2) is 4.79 Å². The van der Waals surface area contributed by atoms with E-state index in [1.807, 2.05) is 30.3 Å². The molecule has 2 heterocycles. The molecule has 1 aliphatic rings. The number of nitrogens with zero attached hydrogens (tertiary/aromatic N) is 1. The molecule has 2 N–H and O–H groups in total. The lowest BCUT2D eigenvalue weighted by atomic mass is 9.95. The standard InChI is InChI=1S/C23H29N3O4/c1-4-30-23(29)20-15(2)21(24-16(20)3)19(27)14-26-12-10-17(11-13-26)22(28)25-18-8-6-5-7-9-18/h5-9,17,24H,4,10-14H2,1-3H3,(H,25,28). The summed E-state index contributed by atoms with van der Waals surface area (Å²) in [5.74, 6) is -0.491. The largest absolute Gasteiger partial charge is 0.462 e. The van der Waals surface area contributed by atoms with E-state index < -0.39 is 5.97 Å². The van der Waals surface area contributed by atoms with Crippen molar-refractivity contribution in [2.75, 3.05) is 31.6 Å². The molecule has 0 atom stereocenters. The fraction of sp³-hybridized carbons (Fsp3) is 0.435. The van der Waals surface area contributed by atoms with E-state index in [1.165, 1.54) is 0 Å². The van der Waals surface area contributed by atoms with Gasteiger partial charge in [0.1, 0.15) is 0 Å². The zero-order valence-electron chi connectivity index (χ0n) is 17.8. The number of carbonyl (C=O) groups excluding carboxylic acids is 3. The van der Waals surface area contributed by atoms with Crippen LogP contribution in [0.4, 0.5) is 5.69 Å². The number of aryl methyl sites for hydroxylation is 1. The Bertz CT molecular complexity index is 912. The Kier molecular flexibility index (Phi) is 7.05. The maximum Gasteiger partial charge on any atom is 0.340 e. The Hall–Kier alpha value is -2.93. The lowest BCUT2D eigenvalue weighted by Gasteiger charge is -2.30. The average molecular weight is 412 g/mol. The number of esters is 1. The van der Waals surface area contributed by atoms with Crippen molar-refractivity contribution in [3.8, 4) is 0 Å². The number of hydrogen-bond acceptors (Lipinski definition) is 5. The lowest BCUT2D eigenvalue weighted by Crippen LogP contribution is -2.40. The fourth-order valence-electron chi connectivity index (χ4n) is 3.94. The molecule has 2 aromatic rings. The van der Waals surface area contributed by atoms with E-state index in [-0.39, 0.29) is 24.2 Å². The van der Waals surface area contributed by atoms with E-state index in [0.29, 0.717) is 55.1 Å². The Balaban J connectivity index is 1.55. The number of piperidine rings is 1. The second-order valence-corrected chi connectivity index (χ2v) is 7.67. The third-order valence-electron chi connectivity index (χ3n) is 5.56. The van der Waals surface area contributed by atoms with Gasteiger partial charge in [0.05, 0.1) is 24.4 Å². The van der Waals surface area contributed by atoms with E-state index in [1.54, 1.807) is 20.8 Å². The third kappa shape index (κ3) is 4.97. The average Bonchev–Trinajstić information content (AvgIpc) is 3.03. The molecule has 0 aliphatic carbocycles. The number of aromatic amines is 1. The quantitative estimate of drug-likeness (QED) is 0.539. The predicted octanol–water partition coefficient (Wildman–Crippen LogP) is 3.34. The van der Waals surface area contributed by atoms with Crippen molar-refractivity contribution in [1.82, 2.24) is 9.88 Å². The molecule has 7 heteroatoms. The Morgan fingerprint density at radius 1 is 1.13 bits per heavy atom. The number of benzene rings is 1. The number of aromatic nitrogens is 1. The normalized spacial score (nSPS) is 15.0. The van der Waals surface area contributed by atoms with Crippen LogP contribution in [0.2, 0.25) is 0 Å². The SMILES string of the molecule is CCOC(=O)c1c(C)[nH]c(C(=O)CN2CCC(C(=O)Nc3ccccc3)CC2)c1C. The number of nitrogens with one attached hydrogen (secondary N) is 2. The Labute approximate surface area is 176 Å². The van der Waals surface area contributed by atoms with Gasteiger partial charge in [-0.1, -0.05) is 18.2 Å². The highest BCUT2D eigenvalue weighted by molar-refractivity contribution is 6.02. The number of carbonyl (C=O) groups is 3. The van der Waals surface area contributed by atoms with Gasteiger partial charge in [0.15, 0.2) is 5.78 Å². The zero-order valence-corrected chi connectivity index (χ0v) is 17.8. The van der Waals surface area contributed by atoms with Crippen LogP contribution in [-0.2, 0) is 9.53 Å². The van der Waals surface area contributed by atoms with Crippen molar-refractivity contribution in [1.29, 1.82) is 0 Å². The van der Waals surface area contributed by atoms with E-state index >= 15 is 0 Å². The molecule has 160 valence electrons. The minimum absolute atomic E-state index is 0.0297. The second kappa shape index (κ2) is 9.71. The summed E-state index contributed by atoms with van der Waals surface area (Å²) in [6.07, 6.45) is 1.42. The highest BCUT2D eigenvalue weighted by Crippen LogP contribution is 2.22. The molecule has 1 saturated heterocycles. The minimum Gasteiger partial charge on any atom is -0.462 e. The summed E-state index contributed by atoms with van der Waals surface area (Å²) < 4.78 is 5.09. The number of Topliss-reactive ketones (excluding diaryl/α,β-unsaturated/α-hetero) is 1. The van der Waals surface area contributed by atoms with Gasteiger partial charge >= 0.3 is 5.97 Å². The van der Waals surface area contributed by atoms with Crippen molar-refractivity contribution in [3.63, 3.8) is 0 Å². The smallest absolute Gasteiger partial charge is 0.340 e. The van der Waals surface area contributed by atoms with Gasteiger partial charge in [0.2, 0.25) is 5.91 Å². The van der Waals surface area contributed by atoms with Crippen LogP contribution >= 0.6 is 0 Å². The van der Waals surface area contributed by atoms with Gasteiger partial charge in [-0.05, 0) is 64.4 Å². The molecule has 1 aliphatic heterocycles. The zero-order chi connectivity index (χ0) is 21.7. The number of anilines is 1. The summed E-state index contributed by atoms with van der Waals surface area (Å²) >= 11 is 0. The molecule has 1 aromatic carbocycles. The number of H-pyrrole nitrogens is 1. The molecule has 0 bridgehead atoms. The molecule has 0 unspecified atom stereocenters. The van der Waals surface area contributed by atoms with Crippen LogP contribution in [0.3, 0.4) is 0 Å². The first kappa shape index (κ1) is 21.8. The third-order valence-corrected chi connectivity index (χ3v) is 5.56. The topological polar surface area (TPSA) is 91.5 Å². The first-order valence-electron chi connectivity index (χ1n) is 10.4. The van der Waals surface area contributed by atoms with Gasteiger partial charge in [-0.2, -0.15) is 0 Å². The van der Waals surface area contributed by atoms with Gasteiger partial charge in [0.25, 0.3) is 0 Å². The second-order valence-electron chi connectivity index (χ2n) is 7.67. The summed E-state index contributed by atoms with van der Waals surface area (Å²) in [6, 6.07) is 9.44. The van der Waals surface area contributed by atoms with Crippen LogP contribution in [0.5, 0.6) is 0 Å². The van der Waals surface area contributed by atoms with Crippen molar-refractivity contribution in [2.45, 2.75) is 33.6 Å². The number of para-hydroxylation sites is 1. The highest BCUT2D eigenvalue weighted by Gasteiger charge is 2.28. The molecule has 3 rings (SSSR count). The van der Waals surface area contributed by atoms with Crippen LogP contribution in [0, 0.1) is 19.8 Å². The lowest BCUT2D eigenvalue weighted by molar-refractivity contribution is -0.121. The van der Waals surface area contributed by atoms with Crippen LogP contribution in [0.25, 0.3) is 0 Å². The summed E-state index contributed by atoms with van der Waals surface area (Å²) in [7, 11) is 0. The molecule has 1 aromatic heterocycles. The van der Waals surface area contributed by atoms with E-state index in [9.17, 15) is 14.4 Å². The van der Waals surface area contributed by atoms with E-state index in [4.69, 9.17) is 4.74 Å². The summed E-state index contributed by atoms with van der Waals surface area (Å²) in [5, 5.41) is 2.96. The van der Waals surface area contributed by atoms with Gasteiger partial charge in [0, 0.05) is 17.3 Å².